The monoisotopic (exact) mass is 287 g/mol. The average molecular weight is 287 g/mol. The number of ether oxygens (including phenoxy) is 1. The topological polar surface area (TPSA) is 72.5 Å². The maximum Gasteiger partial charge on any atom is 0.305 e. The van der Waals surface area contributed by atoms with Crippen LogP contribution in [-0.2, 0) is 9.53 Å². The van der Waals surface area contributed by atoms with E-state index in [1.807, 2.05) is 0 Å². The molecule has 0 spiro atoms. The van der Waals surface area contributed by atoms with Gasteiger partial charge in [-0.25, -0.2) is 0 Å². The third-order valence-corrected chi connectivity index (χ3v) is 3.43. The summed E-state index contributed by atoms with van der Waals surface area (Å²) in [6.07, 6.45) is 13.0. The lowest BCUT2D eigenvalue weighted by molar-refractivity contribution is -0.144. The summed E-state index contributed by atoms with van der Waals surface area (Å²) in [7, 11) is 0. The molecule has 0 heterocycles. The Morgan fingerprint density at radius 1 is 1.00 bits per heavy atom. The quantitative estimate of drug-likeness (QED) is 0.380. The number of unbranched alkanes of at least 4 members (excludes halogenated alkanes) is 9. The number of hydrogen-bond acceptors (Lipinski definition) is 4. The van der Waals surface area contributed by atoms with Gasteiger partial charge in [-0.1, -0.05) is 64.7 Å². The van der Waals surface area contributed by atoms with E-state index in [2.05, 4.69) is 6.92 Å². The number of hydrogen-bond donors (Lipinski definition) is 2. The molecule has 0 amide bonds. The van der Waals surface area contributed by atoms with Gasteiger partial charge in [-0.2, -0.15) is 0 Å². The van der Waals surface area contributed by atoms with E-state index in [9.17, 15) is 4.79 Å². The smallest absolute Gasteiger partial charge is 0.305 e. The number of esters is 1. The first kappa shape index (κ1) is 19.4. The number of rotatable bonds is 14. The van der Waals surface area contributed by atoms with Gasteiger partial charge in [-0.3, -0.25) is 4.79 Å². The SMILES string of the molecule is CCCCCCCCCCCCC(=O)OCC(N)CO. The van der Waals surface area contributed by atoms with E-state index in [0.717, 1.165) is 12.8 Å². The van der Waals surface area contributed by atoms with E-state index < -0.39 is 6.04 Å². The van der Waals surface area contributed by atoms with Gasteiger partial charge >= 0.3 is 5.97 Å². The largest absolute Gasteiger partial charge is 0.464 e. The van der Waals surface area contributed by atoms with Gasteiger partial charge in [0.05, 0.1) is 12.6 Å². The molecular formula is C16H33NO3. The molecule has 0 aromatic heterocycles. The van der Waals surface area contributed by atoms with Gasteiger partial charge in [0.1, 0.15) is 6.61 Å². The summed E-state index contributed by atoms with van der Waals surface area (Å²) < 4.78 is 4.95. The van der Waals surface area contributed by atoms with Gasteiger partial charge in [-0.05, 0) is 6.42 Å². The Morgan fingerprint density at radius 2 is 1.50 bits per heavy atom. The van der Waals surface area contributed by atoms with Crippen LogP contribution >= 0.6 is 0 Å². The second kappa shape index (κ2) is 14.8. The first-order chi connectivity index (χ1) is 9.70. The second-order valence-electron chi connectivity index (χ2n) is 5.56. The van der Waals surface area contributed by atoms with Crippen molar-refractivity contribution in [2.45, 2.75) is 83.6 Å². The fourth-order valence-corrected chi connectivity index (χ4v) is 2.08. The molecule has 0 saturated heterocycles. The van der Waals surface area contributed by atoms with Crippen LogP contribution in [0.15, 0.2) is 0 Å². The van der Waals surface area contributed by atoms with Crippen molar-refractivity contribution in [3.8, 4) is 0 Å². The van der Waals surface area contributed by atoms with Crippen molar-refractivity contribution < 1.29 is 14.6 Å². The highest BCUT2D eigenvalue weighted by atomic mass is 16.5. The summed E-state index contributed by atoms with van der Waals surface area (Å²) >= 11 is 0. The zero-order chi connectivity index (χ0) is 15.1. The van der Waals surface area contributed by atoms with Crippen LogP contribution in [0.3, 0.4) is 0 Å². The van der Waals surface area contributed by atoms with E-state index in [1.54, 1.807) is 0 Å². The summed E-state index contributed by atoms with van der Waals surface area (Å²) in [6.45, 7) is 2.21. The Balaban J connectivity index is 3.17. The molecular weight excluding hydrogens is 254 g/mol. The maximum absolute atomic E-state index is 11.3. The van der Waals surface area contributed by atoms with Crippen molar-refractivity contribution >= 4 is 5.97 Å². The van der Waals surface area contributed by atoms with Crippen molar-refractivity contribution in [3.63, 3.8) is 0 Å². The molecule has 0 aromatic rings. The molecule has 0 aromatic carbocycles. The van der Waals surface area contributed by atoms with Crippen molar-refractivity contribution in [2.24, 2.45) is 5.73 Å². The molecule has 0 saturated carbocycles. The lowest BCUT2D eigenvalue weighted by Gasteiger charge is -2.09. The van der Waals surface area contributed by atoms with Gasteiger partial charge in [0, 0.05) is 6.42 Å². The van der Waals surface area contributed by atoms with Crippen LogP contribution in [0.5, 0.6) is 0 Å². The number of nitrogens with two attached hydrogens (primary N) is 1. The third kappa shape index (κ3) is 13.8. The first-order valence-electron chi connectivity index (χ1n) is 8.22. The predicted molar refractivity (Wildman–Crippen MR) is 82.5 cm³/mol. The molecule has 3 N–H and O–H groups in total. The summed E-state index contributed by atoms with van der Waals surface area (Å²) in [5.41, 5.74) is 5.45. The fraction of sp³-hybridized carbons (Fsp3) is 0.938. The van der Waals surface area contributed by atoms with Gasteiger partial charge in [-0.15, -0.1) is 0 Å². The zero-order valence-electron chi connectivity index (χ0n) is 13.1. The highest BCUT2D eigenvalue weighted by Crippen LogP contribution is 2.11. The molecule has 1 unspecified atom stereocenters. The number of aliphatic hydroxyl groups excluding tert-OH is 1. The summed E-state index contributed by atoms with van der Waals surface area (Å²) in [4.78, 5) is 11.3. The Morgan fingerprint density at radius 3 is 2.00 bits per heavy atom. The molecule has 0 fully saturated rings. The van der Waals surface area contributed by atoms with E-state index in [0.29, 0.717) is 6.42 Å². The predicted octanol–water partition coefficient (Wildman–Crippen LogP) is 3.16. The lowest BCUT2D eigenvalue weighted by Crippen LogP contribution is -2.31. The van der Waals surface area contributed by atoms with Crippen molar-refractivity contribution in [1.82, 2.24) is 0 Å². The molecule has 4 nitrogen and oxygen atoms in total. The highest BCUT2D eigenvalue weighted by molar-refractivity contribution is 5.69. The minimum absolute atomic E-state index is 0.118. The van der Waals surface area contributed by atoms with Crippen molar-refractivity contribution in [1.29, 1.82) is 0 Å². The van der Waals surface area contributed by atoms with Crippen LogP contribution in [0.1, 0.15) is 77.6 Å². The van der Waals surface area contributed by atoms with E-state index in [-0.39, 0.29) is 19.2 Å². The van der Waals surface area contributed by atoms with Gasteiger partial charge in [0.15, 0.2) is 0 Å². The number of aliphatic hydroxyl groups is 1. The van der Waals surface area contributed by atoms with E-state index >= 15 is 0 Å². The fourth-order valence-electron chi connectivity index (χ4n) is 2.08. The molecule has 120 valence electrons. The van der Waals surface area contributed by atoms with Gasteiger partial charge < -0.3 is 15.6 Å². The summed E-state index contributed by atoms with van der Waals surface area (Å²) in [6, 6.07) is -0.452. The Bertz CT molecular complexity index is 222. The molecule has 20 heavy (non-hydrogen) atoms. The summed E-state index contributed by atoms with van der Waals surface area (Å²) in [5.74, 6) is -0.200. The van der Waals surface area contributed by atoms with Crippen LogP contribution in [-0.4, -0.2) is 30.3 Å². The molecule has 0 bridgehead atoms. The van der Waals surface area contributed by atoms with Crippen molar-refractivity contribution in [2.75, 3.05) is 13.2 Å². The van der Waals surface area contributed by atoms with Gasteiger partial charge in [0.25, 0.3) is 0 Å². The van der Waals surface area contributed by atoms with Crippen LogP contribution in [0.25, 0.3) is 0 Å². The molecule has 0 rings (SSSR count). The molecule has 0 aliphatic rings. The minimum atomic E-state index is -0.452. The highest BCUT2D eigenvalue weighted by Gasteiger charge is 2.06. The van der Waals surface area contributed by atoms with Crippen LogP contribution in [0.2, 0.25) is 0 Å². The normalized spacial score (nSPS) is 12.3. The molecule has 0 aliphatic heterocycles. The van der Waals surface area contributed by atoms with Crippen LogP contribution in [0, 0.1) is 0 Å². The van der Waals surface area contributed by atoms with Crippen LogP contribution < -0.4 is 5.73 Å². The minimum Gasteiger partial charge on any atom is -0.464 e. The average Bonchev–Trinajstić information content (AvgIpc) is 2.46. The van der Waals surface area contributed by atoms with Crippen LogP contribution in [0.4, 0.5) is 0 Å². The van der Waals surface area contributed by atoms with E-state index in [1.165, 1.54) is 51.4 Å². The standard InChI is InChI=1S/C16H33NO3/c1-2-3-4-5-6-7-8-9-10-11-12-16(19)20-14-15(17)13-18/h15,18H,2-14,17H2,1H3. The second-order valence-corrected chi connectivity index (χ2v) is 5.56. The number of carbonyl (C=O) groups is 1. The Kier molecular flexibility index (Phi) is 14.3. The Labute approximate surface area is 124 Å². The maximum atomic E-state index is 11.3. The zero-order valence-corrected chi connectivity index (χ0v) is 13.1. The molecule has 4 heteroatoms. The molecule has 0 radical (unpaired) electrons. The lowest BCUT2D eigenvalue weighted by atomic mass is 10.1. The Hall–Kier alpha value is -0.610. The van der Waals surface area contributed by atoms with Gasteiger partial charge in [0.2, 0.25) is 0 Å². The first-order valence-corrected chi connectivity index (χ1v) is 8.22. The van der Waals surface area contributed by atoms with E-state index in [4.69, 9.17) is 15.6 Å². The van der Waals surface area contributed by atoms with Crippen molar-refractivity contribution in [3.05, 3.63) is 0 Å². The number of carbonyl (C=O) groups excluding carboxylic acids is 1. The molecule has 0 aliphatic carbocycles. The third-order valence-electron chi connectivity index (χ3n) is 3.43. The molecule has 1 atom stereocenters. The summed E-state index contributed by atoms with van der Waals surface area (Å²) in [5, 5.41) is 8.70.